The van der Waals surface area contributed by atoms with Gasteiger partial charge >= 0.3 is 0 Å². The van der Waals surface area contributed by atoms with Crippen molar-refractivity contribution in [1.29, 1.82) is 0 Å². The molecule has 0 amide bonds. The Morgan fingerprint density at radius 2 is 1.94 bits per heavy atom. The molecule has 1 aliphatic rings. The summed E-state index contributed by atoms with van der Waals surface area (Å²) in [5.74, 6) is -1.22. The van der Waals surface area contributed by atoms with Crippen molar-refractivity contribution < 1.29 is 13.9 Å². The Morgan fingerprint density at radius 1 is 1.25 bits per heavy atom. The average molecular weight is 226 g/mol. The van der Waals surface area contributed by atoms with Crippen LogP contribution in [0.15, 0.2) is 12.1 Å². The highest BCUT2D eigenvalue weighted by molar-refractivity contribution is 5.31. The van der Waals surface area contributed by atoms with Crippen LogP contribution in [0.1, 0.15) is 36.8 Å². The minimum absolute atomic E-state index is 0.0780. The molecule has 1 aromatic rings. The summed E-state index contributed by atoms with van der Waals surface area (Å²) in [7, 11) is 0. The van der Waals surface area contributed by atoms with Gasteiger partial charge in [-0.3, -0.25) is 0 Å². The zero-order valence-corrected chi connectivity index (χ0v) is 9.50. The normalized spacial score (nSPS) is 29.7. The van der Waals surface area contributed by atoms with Crippen molar-refractivity contribution in [2.75, 3.05) is 0 Å². The van der Waals surface area contributed by atoms with E-state index in [-0.39, 0.29) is 17.4 Å². The van der Waals surface area contributed by atoms with Crippen molar-refractivity contribution in [2.45, 2.75) is 38.7 Å². The minimum atomic E-state index is -0.492. The van der Waals surface area contributed by atoms with Gasteiger partial charge in [0.15, 0.2) is 0 Å². The Morgan fingerprint density at radius 3 is 2.50 bits per heavy atom. The molecule has 3 heteroatoms. The lowest BCUT2D eigenvalue weighted by molar-refractivity contribution is 0.136. The van der Waals surface area contributed by atoms with E-state index in [0.717, 1.165) is 0 Å². The molecule has 1 aromatic carbocycles. The van der Waals surface area contributed by atoms with E-state index >= 15 is 0 Å². The summed E-state index contributed by atoms with van der Waals surface area (Å²) in [5.41, 5.74) is 0.619. The van der Waals surface area contributed by atoms with Gasteiger partial charge in [0.05, 0.1) is 6.10 Å². The molecule has 0 aromatic heterocycles. The summed E-state index contributed by atoms with van der Waals surface area (Å²) in [5, 5.41) is 9.64. The van der Waals surface area contributed by atoms with E-state index in [9.17, 15) is 13.9 Å². The van der Waals surface area contributed by atoms with Crippen LogP contribution in [-0.4, -0.2) is 11.2 Å². The maximum atomic E-state index is 13.9. The Bertz CT molecular complexity index is 403. The van der Waals surface area contributed by atoms with Crippen molar-refractivity contribution in [1.82, 2.24) is 0 Å². The van der Waals surface area contributed by atoms with Crippen molar-refractivity contribution in [3.8, 4) is 0 Å². The van der Waals surface area contributed by atoms with Crippen LogP contribution in [0.4, 0.5) is 8.78 Å². The summed E-state index contributed by atoms with van der Waals surface area (Å²) < 4.78 is 27.6. The summed E-state index contributed by atoms with van der Waals surface area (Å²) in [4.78, 5) is 0. The molecule has 1 fully saturated rings. The molecule has 0 heterocycles. The van der Waals surface area contributed by atoms with E-state index in [0.29, 0.717) is 18.4 Å². The molecule has 1 nitrogen and oxygen atoms in total. The Balaban J connectivity index is 2.44. The second kappa shape index (κ2) is 4.13. The molecule has 88 valence electrons. The third kappa shape index (κ3) is 1.73. The first kappa shape index (κ1) is 11.5. The number of rotatable bonds is 1. The Labute approximate surface area is 94.1 Å². The van der Waals surface area contributed by atoms with Crippen molar-refractivity contribution in [2.24, 2.45) is 5.92 Å². The highest BCUT2D eigenvalue weighted by Gasteiger charge is 2.35. The summed E-state index contributed by atoms with van der Waals surface area (Å²) in [6, 6.07) is 2.76. The molecule has 16 heavy (non-hydrogen) atoms. The van der Waals surface area contributed by atoms with Crippen molar-refractivity contribution in [3.63, 3.8) is 0 Å². The molecule has 0 spiro atoms. The van der Waals surface area contributed by atoms with Crippen LogP contribution in [-0.2, 0) is 0 Å². The zero-order valence-electron chi connectivity index (χ0n) is 9.50. The van der Waals surface area contributed by atoms with Crippen molar-refractivity contribution in [3.05, 3.63) is 34.9 Å². The van der Waals surface area contributed by atoms with Crippen LogP contribution in [0.25, 0.3) is 0 Å². The number of aryl methyl sites for hydroxylation is 1. The van der Waals surface area contributed by atoms with E-state index in [1.54, 1.807) is 6.92 Å². The van der Waals surface area contributed by atoms with Gasteiger partial charge in [-0.1, -0.05) is 13.0 Å². The van der Waals surface area contributed by atoms with E-state index in [2.05, 4.69) is 0 Å². The average Bonchev–Trinajstić information content (AvgIpc) is 2.56. The minimum Gasteiger partial charge on any atom is -0.393 e. The van der Waals surface area contributed by atoms with Crippen LogP contribution in [0.2, 0.25) is 0 Å². The molecule has 3 atom stereocenters. The molecule has 1 saturated carbocycles. The fraction of sp³-hybridized carbons (Fsp3) is 0.538. The molecule has 1 N–H and O–H groups in total. The van der Waals surface area contributed by atoms with Crippen LogP contribution < -0.4 is 0 Å². The van der Waals surface area contributed by atoms with Gasteiger partial charge in [0.1, 0.15) is 11.6 Å². The standard InChI is InChI=1S/C13H16F2O/c1-7-3-5-10(14)12(13(7)15)9-4-6-11(16)8(9)2/h3,5,8-9,11,16H,4,6H2,1-2H3. The first-order valence-corrected chi connectivity index (χ1v) is 5.65. The van der Waals surface area contributed by atoms with E-state index in [1.807, 2.05) is 6.92 Å². The first-order chi connectivity index (χ1) is 7.52. The van der Waals surface area contributed by atoms with Crippen LogP contribution in [0, 0.1) is 24.5 Å². The van der Waals surface area contributed by atoms with Gasteiger partial charge < -0.3 is 5.11 Å². The smallest absolute Gasteiger partial charge is 0.132 e. The Hall–Kier alpha value is -0.960. The fourth-order valence-electron chi connectivity index (χ4n) is 2.57. The van der Waals surface area contributed by atoms with E-state index in [4.69, 9.17) is 0 Å². The lowest BCUT2D eigenvalue weighted by atomic mass is 9.88. The molecule has 0 radical (unpaired) electrons. The number of benzene rings is 1. The van der Waals surface area contributed by atoms with Gasteiger partial charge in [-0.05, 0) is 43.2 Å². The fourth-order valence-corrected chi connectivity index (χ4v) is 2.57. The highest BCUT2D eigenvalue weighted by Crippen LogP contribution is 2.41. The Kier molecular flexibility index (Phi) is 2.98. The zero-order chi connectivity index (χ0) is 11.9. The molecule has 0 aliphatic heterocycles. The maximum absolute atomic E-state index is 13.9. The first-order valence-electron chi connectivity index (χ1n) is 5.65. The topological polar surface area (TPSA) is 20.2 Å². The number of aliphatic hydroxyl groups is 1. The SMILES string of the molecule is Cc1ccc(F)c(C2CCC(O)C2C)c1F. The highest BCUT2D eigenvalue weighted by atomic mass is 19.1. The van der Waals surface area contributed by atoms with E-state index in [1.165, 1.54) is 12.1 Å². The van der Waals surface area contributed by atoms with Gasteiger partial charge in [0, 0.05) is 5.56 Å². The molecule has 3 unspecified atom stereocenters. The van der Waals surface area contributed by atoms with Crippen LogP contribution >= 0.6 is 0 Å². The van der Waals surface area contributed by atoms with Gasteiger partial charge in [-0.15, -0.1) is 0 Å². The number of hydrogen-bond donors (Lipinski definition) is 1. The molecular weight excluding hydrogens is 210 g/mol. The van der Waals surface area contributed by atoms with Crippen LogP contribution in [0.5, 0.6) is 0 Å². The molecular formula is C13H16F2O. The summed E-state index contributed by atoms with van der Waals surface area (Å²) in [6.45, 7) is 3.48. The van der Waals surface area contributed by atoms with Gasteiger partial charge in [-0.25, -0.2) is 8.78 Å². The van der Waals surface area contributed by atoms with Crippen molar-refractivity contribution >= 4 is 0 Å². The largest absolute Gasteiger partial charge is 0.393 e. The van der Waals surface area contributed by atoms with Gasteiger partial charge in [-0.2, -0.15) is 0 Å². The van der Waals surface area contributed by atoms with Crippen LogP contribution in [0.3, 0.4) is 0 Å². The molecule has 0 bridgehead atoms. The number of halogens is 2. The maximum Gasteiger partial charge on any atom is 0.132 e. The lowest BCUT2D eigenvalue weighted by Gasteiger charge is -2.19. The molecule has 2 rings (SSSR count). The lowest BCUT2D eigenvalue weighted by Crippen LogP contribution is -2.16. The second-order valence-electron chi connectivity index (χ2n) is 4.70. The third-order valence-electron chi connectivity index (χ3n) is 3.71. The predicted octanol–water partition coefficient (Wildman–Crippen LogP) is 3.15. The second-order valence-corrected chi connectivity index (χ2v) is 4.70. The van der Waals surface area contributed by atoms with Gasteiger partial charge in [0.25, 0.3) is 0 Å². The summed E-state index contributed by atoms with van der Waals surface area (Å²) in [6.07, 6.45) is 0.836. The van der Waals surface area contributed by atoms with E-state index < -0.39 is 17.7 Å². The molecule has 1 aliphatic carbocycles. The predicted molar refractivity (Wildman–Crippen MR) is 58.2 cm³/mol. The third-order valence-corrected chi connectivity index (χ3v) is 3.71. The summed E-state index contributed by atoms with van der Waals surface area (Å²) >= 11 is 0. The quantitative estimate of drug-likeness (QED) is 0.780. The number of hydrogen-bond acceptors (Lipinski definition) is 1. The number of aliphatic hydroxyl groups excluding tert-OH is 1. The molecule has 0 saturated heterocycles. The van der Waals surface area contributed by atoms with Gasteiger partial charge in [0.2, 0.25) is 0 Å². The monoisotopic (exact) mass is 226 g/mol.